The van der Waals surface area contributed by atoms with Gasteiger partial charge in [0.05, 0.1) is 25.3 Å². The van der Waals surface area contributed by atoms with Crippen LogP contribution in [0.1, 0.15) is 218 Å². The molecule has 0 spiro atoms. The van der Waals surface area contributed by atoms with Crippen molar-refractivity contribution in [3.63, 3.8) is 0 Å². The van der Waals surface area contributed by atoms with Crippen molar-refractivity contribution < 1.29 is 45.8 Å². The summed E-state index contributed by atoms with van der Waals surface area (Å²) in [4.78, 5) is 21.1. The Hall–Kier alpha value is -1.32. The van der Waals surface area contributed by atoms with Crippen LogP contribution in [0.4, 0.5) is 26.3 Å². The molecule has 0 aromatic heterocycles. The van der Waals surface area contributed by atoms with Gasteiger partial charge in [0, 0.05) is 24.7 Å². The number of carboxylic acids is 1. The van der Waals surface area contributed by atoms with Gasteiger partial charge in [-0.1, -0.05) is 145 Å². The SMILES string of the molecule is CC(=O)C(C)(F)CC(C)(C)C.CC(C)(C)CC(C)(F)F.CC(C)(C)CC1(C)COC1.CC(CC(C)(C)C)C(=O)O.CC(F)CC(C)(C)C.CCC(F)(F)CC(C)(C)C. The van der Waals surface area contributed by atoms with Crippen LogP contribution < -0.4 is 0 Å². The standard InChI is InChI=1S/C9H17FO.C9H18O.C8H16F2.C8H16O2.C7H14F2.C7H15F/c1-7(11)9(5,10)6-8(2,3)4;1-8(2,3)5-9(4)6-10-7-9;1-5-8(9,10)6-7(2,3)4;1-6(7(9)10)5-8(2,3)4;1-6(2,3)5-7(4,8)9;1-6(8)5-7(2,3)4/h6H2,1-5H3;5-7H2,1-4H3;5-6H2,1-4H3;6H,5H2,1-4H3,(H,9,10);5H2,1-4H3;6H,5H2,1-4H3. The highest BCUT2D eigenvalue weighted by Gasteiger charge is 2.37. The molecule has 0 aromatic rings. The van der Waals surface area contributed by atoms with Gasteiger partial charge in [-0.2, -0.15) is 0 Å². The molecule has 0 amide bonds. The van der Waals surface area contributed by atoms with Crippen LogP contribution in [-0.4, -0.2) is 53.8 Å². The predicted octanol–water partition coefficient (Wildman–Crippen LogP) is 16.7. The highest BCUT2D eigenvalue weighted by molar-refractivity contribution is 5.84. The van der Waals surface area contributed by atoms with Crippen molar-refractivity contribution in [1.29, 1.82) is 0 Å². The van der Waals surface area contributed by atoms with Crippen LogP contribution in [0.25, 0.3) is 0 Å². The highest BCUT2D eigenvalue weighted by atomic mass is 19.3. The van der Waals surface area contributed by atoms with E-state index in [1.165, 1.54) is 27.2 Å². The zero-order valence-corrected chi connectivity index (χ0v) is 42.5. The maximum atomic E-state index is 13.4. The fraction of sp³-hybridized carbons (Fsp3) is 0.958. The summed E-state index contributed by atoms with van der Waals surface area (Å²) in [7, 11) is 0. The van der Waals surface area contributed by atoms with E-state index in [1.54, 1.807) is 13.8 Å². The normalized spacial score (nSPS) is 16.8. The van der Waals surface area contributed by atoms with Crippen molar-refractivity contribution in [2.45, 2.75) is 242 Å². The molecule has 1 aliphatic rings. The second-order valence-corrected chi connectivity index (χ2v) is 24.8. The van der Waals surface area contributed by atoms with E-state index >= 15 is 0 Å². The third kappa shape index (κ3) is 54.7. The largest absolute Gasteiger partial charge is 0.481 e. The van der Waals surface area contributed by atoms with E-state index in [9.17, 15) is 35.9 Å². The molecular formula is C48H96F6O4. The number of carboxylic acid groups (broad SMARTS) is 1. The van der Waals surface area contributed by atoms with Crippen molar-refractivity contribution in [1.82, 2.24) is 0 Å². The molecule has 3 atom stereocenters. The lowest BCUT2D eigenvalue weighted by Gasteiger charge is -2.42. The Bertz CT molecular complexity index is 1060. The fourth-order valence-corrected chi connectivity index (χ4v) is 6.64. The van der Waals surface area contributed by atoms with Crippen LogP contribution in [0.2, 0.25) is 0 Å². The van der Waals surface area contributed by atoms with Crippen molar-refractivity contribution in [2.24, 2.45) is 43.8 Å². The van der Waals surface area contributed by atoms with Gasteiger partial charge in [-0.15, -0.1) is 0 Å². The smallest absolute Gasteiger partial charge is 0.306 e. The molecule has 1 rings (SSSR count). The summed E-state index contributed by atoms with van der Waals surface area (Å²) in [6.07, 6.45) is 2.20. The number of ether oxygens (including phenoxy) is 1. The monoisotopic (exact) mass is 851 g/mol. The molecule has 3 unspecified atom stereocenters. The van der Waals surface area contributed by atoms with Crippen molar-refractivity contribution in [3.8, 4) is 0 Å². The summed E-state index contributed by atoms with van der Waals surface area (Å²) in [6, 6.07) is 0. The zero-order valence-electron chi connectivity index (χ0n) is 42.5. The molecule has 0 aliphatic carbocycles. The Labute approximate surface area is 355 Å². The first-order valence-corrected chi connectivity index (χ1v) is 21.2. The van der Waals surface area contributed by atoms with Gasteiger partial charge >= 0.3 is 5.97 Å². The first-order valence-electron chi connectivity index (χ1n) is 21.2. The lowest BCUT2D eigenvalue weighted by Crippen LogP contribution is -2.42. The average Bonchev–Trinajstić information content (AvgIpc) is 2.81. The number of hydrogen-bond acceptors (Lipinski definition) is 3. The van der Waals surface area contributed by atoms with Gasteiger partial charge in [0.1, 0.15) is 0 Å². The Kier molecular flexibility index (Phi) is 29.0. The number of hydrogen-bond donors (Lipinski definition) is 1. The molecule has 10 heteroatoms. The lowest BCUT2D eigenvalue weighted by atomic mass is 9.74. The molecule has 58 heavy (non-hydrogen) atoms. The predicted molar refractivity (Wildman–Crippen MR) is 237 cm³/mol. The molecule has 1 heterocycles. The van der Waals surface area contributed by atoms with E-state index < -0.39 is 29.7 Å². The molecule has 1 aliphatic heterocycles. The van der Waals surface area contributed by atoms with Gasteiger partial charge in [0.25, 0.3) is 0 Å². The molecule has 1 N–H and O–H groups in total. The topological polar surface area (TPSA) is 63.6 Å². The van der Waals surface area contributed by atoms with Gasteiger partial charge in [-0.05, 0) is 85.9 Å². The molecule has 0 bridgehead atoms. The fourth-order valence-electron chi connectivity index (χ4n) is 6.64. The van der Waals surface area contributed by atoms with Gasteiger partial charge < -0.3 is 9.84 Å². The summed E-state index contributed by atoms with van der Waals surface area (Å²) >= 11 is 0. The Morgan fingerprint density at radius 3 is 1.02 bits per heavy atom. The van der Waals surface area contributed by atoms with E-state index in [1.807, 2.05) is 104 Å². The average molecular weight is 851 g/mol. The Morgan fingerprint density at radius 2 is 0.948 bits per heavy atom. The van der Waals surface area contributed by atoms with E-state index in [4.69, 9.17) is 9.84 Å². The van der Waals surface area contributed by atoms with Gasteiger partial charge in [0.15, 0.2) is 11.5 Å². The number of alkyl halides is 6. The summed E-state index contributed by atoms with van der Waals surface area (Å²) in [5.41, 5.74) is -1.10. The molecular weight excluding hydrogens is 755 g/mol. The van der Waals surface area contributed by atoms with E-state index in [-0.39, 0.29) is 64.5 Å². The Morgan fingerprint density at radius 1 is 0.603 bits per heavy atom. The number of aliphatic carboxylic acids is 1. The second kappa shape index (κ2) is 25.6. The summed E-state index contributed by atoms with van der Waals surface area (Å²) in [5.74, 6) is -6.29. The third-order valence-electron chi connectivity index (χ3n) is 7.84. The third-order valence-corrected chi connectivity index (χ3v) is 7.84. The van der Waals surface area contributed by atoms with Crippen molar-refractivity contribution in [2.75, 3.05) is 13.2 Å². The molecule has 1 saturated heterocycles. The van der Waals surface area contributed by atoms with Crippen LogP contribution >= 0.6 is 0 Å². The number of ketones is 1. The maximum Gasteiger partial charge on any atom is 0.306 e. The second-order valence-electron chi connectivity index (χ2n) is 24.8. The minimum Gasteiger partial charge on any atom is -0.481 e. The number of carbonyl (C=O) groups excluding carboxylic acids is 1. The maximum absolute atomic E-state index is 13.4. The molecule has 0 aromatic carbocycles. The molecule has 0 saturated carbocycles. The number of carbonyl (C=O) groups is 2. The summed E-state index contributed by atoms with van der Waals surface area (Å²) < 4.78 is 80.5. The molecule has 1 fully saturated rings. The van der Waals surface area contributed by atoms with Crippen LogP contribution in [0.3, 0.4) is 0 Å². The first kappa shape index (κ1) is 65.8. The summed E-state index contributed by atoms with van der Waals surface area (Å²) in [6.45, 7) is 48.5. The van der Waals surface area contributed by atoms with Crippen LogP contribution in [0.15, 0.2) is 0 Å². The van der Waals surface area contributed by atoms with Gasteiger partial charge in [-0.3, -0.25) is 9.59 Å². The van der Waals surface area contributed by atoms with Crippen LogP contribution in [0, 0.1) is 43.8 Å². The zero-order chi connectivity index (χ0) is 48.4. The number of rotatable bonds is 9. The minimum absolute atomic E-state index is 0.0174. The minimum atomic E-state index is -2.52. The van der Waals surface area contributed by atoms with Gasteiger partial charge in [0.2, 0.25) is 11.8 Å². The lowest BCUT2D eigenvalue weighted by molar-refractivity contribution is -0.142. The quantitative estimate of drug-likeness (QED) is 0.235. The van der Waals surface area contributed by atoms with Crippen molar-refractivity contribution >= 4 is 11.8 Å². The molecule has 0 radical (unpaired) electrons. The van der Waals surface area contributed by atoms with E-state index in [0.717, 1.165) is 26.6 Å². The molecule has 354 valence electrons. The van der Waals surface area contributed by atoms with Crippen LogP contribution in [0.5, 0.6) is 0 Å². The van der Waals surface area contributed by atoms with E-state index in [2.05, 4.69) is 27.7 Å². The van der Waals surface area contributed by atoms with Crippen LogP contribution in [-0.2, 0) is 14.3 Å². The van der Waals surface area contributed by atoms with E-state index in [0.29, 0.717) is 17.3 Å². The van der Waals surface area contributed by atoms with Gasteiger partial charge in [-0.25, -0.2) is 26.3 Å². The Balaban J connectivity index is -0.000000194. The number of Topliss-reactive ketones (excluding diaryl/α,β-unsaturated/α-hetero) is 1. The number of halogens is 6. The highest BCUT2D eigenvalue weighted by Crippen LogP contribution is 2.39. The van der Waals surface area contributed by atoms with Crippen molar-refractivity contribution in [3.05, 3.63) is 0 Å². The summed E-state index contributed by atoms with van der Waals surface area (Å²) in [5, 5.41) is 8.55. The first-order chi connectivity index (χ1) is 24.8. The molecule has 4 nitrogen and oxygen atoms in total.